The molecule has 1 atom stereocenters. The first-order valence-corrected chi connectivity index (χ1v) is 6.83. The van der Waals surface area contributed by atoms with Gasteiger partial charge in [-0.25, -0.2) is 4.39 Å². The van der Waals surface area contributed by atoms with E-state index in [1.807, 2.05) is 6.07 Å². The quantitative estimate of drug-likeness (QED) is 0.896. The second kappa shape index (κ2) is 4.71. The molecule has 1 aromatic heterocycles. The Balaban J connectivity index is 1.96. The van der Waals surface area contributed by atoms with Crippen molar-refractivity contribution in [2.45, 2.75) is 18.9 Å². The van der Waals surface area contributed by atoms with Gasteiger partial charge in [-0.2, -0.15) is 0 Å². The van der Waals surface area contributed by atoms with E-state index >= 15 is 0 Å². The summed E-state index contributed by atoms with van der Waals surface area (Å²) in [5.41, 5.74) is 6.20. The van der Waals surface area contributed by atoms with Gasteiger partial charge in [0.1, 0.15) is 11.6 Å². The fraction of sp³-hybridized carbons (Fsp3) is 0.286. The van der Waals surface area contributed by atoms with Crippen LogP contribution in [0.1, 0.15) is 23.8 Å². The van der Waals surface area contributed by atoms with Crippen LogP contribution in [0.4, 0.5) is 4.39 Å². The van der Waals surface area contributed by atoms with E-state index in [1.165, 1.54) is 12.1 Å². The largest absolute Gasteiger partial charge is 0.496 e. The zero-order valence-electron chi connectivity index (χ0n) is 9.86. The molecule has 1 aromatic carbocycles. The van der Waals surface area contributed by atoms with E-state index in [-0.39, 0.29) is 11.9 Å². The highest BCUT2D eigenvalue weighted by Crippen LogP contribution is 2.33. The van der Waals surface area contributed by atoms with E-state index in [9.17, 15) is 4.39 Å². The monoisotopic (exact) mass is 263 g/mol. The number of ether oxygens (including phenoxy) is 1. The van der Waals surface area contributed by atoms with Crippen molar-refractivity contribution in [3.8, 4) is 0 Å². The summed E-state index contributed by atoms with van der Waals surface area (Å²) in [4.78, 5) is 1.02. The smallest absolute Gasteiger partial charge is 0.123 e. The molecular weight excluding hydrogens is 249 g/mol. The first-order chi connectivity index (χ1) is 8.74. The Bertz CT molecular complexity index is 605. The fourth-order valence-electron chi connectivity index (χ4n) is 2.12. The van der Waals surface area contributed by atoms with Crippen molar-refractivity contribution in [1.82, 2.24) is 0 Å². The fourth-order valence-corrected chi connectivity index (χ4v) is 3.18. The minimum absolute atomic E-state index is 0.214. The summed E-state index contributed by atoms with van der Waals surface area (Å²) < 4.78 is 19.8. The Morgan fingerprint density at radius 1 is 1.33 bits per heavy atom. The van der Waals surface area contributed by atoms with Gasteiger partial charge in [0, 0.05) is 9.58 Å². The predicted octanol–water partition coefficient (Wildman–Crippen LogP) is 3.73. The van der Waals surface area contributed by atoms with E-state index in [4.69, 9.17) is 10.5 Å². The Kier molecular flexibility index (Phi) is 3.06. The summed E-state index contributed by atoms with van der Waals surface area (Å²) in [6, 6.07) is 6.53. The van der Waals surface area contributed by atoms with Crippen LogP contribution in [-0.2, 0) is 4.74 Å². The molecule has 2 N–H and O–H groups in total. The van der Waals surface area contributed by atoms with Crippen LogP contribution in [0.5, 0.6) is 0 Å². The topological polar surface area (TPSA) is 35.2 Å². The lowest BCUT2D eigenvalue weighted by Crippen LogP contribution is -2.16. The molecule has 0 radical (unpaired) electrons. The third-order valence-corrected chi connectivity index (χ3v) is 4.27. The molecule has 2 nitrogen and oxygen atoms in total. The summed E-state index contributed by atoms with van der Waals surface area (Å²) in [6.07, 6.45) is 4.12. The van der Waals surface area contributed by atoms with E-state index in [0.717, 1.165) is 40.2 Å². The molecule has 2 aromatic rings. The van der Waals surface area contributed by atoms with E-state index in [2.05, 4.69) is 6.08 Å². The Morgan fingerprint density at radius 2 is 2.22 bits per heavy atom. The van der Waals surface area contributed by atoms with Gasteiger partial charge in [-0.3, -0.25) is 0 Å². The van der Waals surface area contributed by atoms with E-state index < -0.39 is 0 Å². The first kappa shape index (κ1) is 11.7. The molecule has 94 valence electrons. The molecule has 0 bridgehead atoms. The minimum atomic E-state index is -0.231. The zero-order valence-corrected chi connectivity index (χ0v) is 10.7. The number of halogens is 1. The molecule has 3 rings (SSSR count). The molecule has 0 spiro atoms. The molecule has 0 saturated heterocycles. The van der Waals surface area contributed by atoms with Gasteiger partial charge in [0.2, 0.25) is 0 Å². The van der Waals surface area contributed by atoms with Crippen molar-refractivity contribution < 1.29 is 9.13 Å². The number of hydrogen-bond acceptors (Lipinski definition) is 3. The molecule has 1 aliphatic heterocycles. The van der Waals surface area contributed by atoms with Crippen LogP contribution in [0.25, 0.3) is 10.1 Å². The molecule has 0 aliphatic carbocycles. The van der Waals surface area contributed by atoms with Gasteiger partial charge >= 0.3 is 0 Å². The minimum Gasteiger partial charge on any atom is -0.496 e. The molecular formula is C14H14FNOS. The van der Waals surface area contributed by atoms with E-state index in [0.29, 0.717) is 0 Å². The van der Waals surface area contributed by atoms with Crippen molar-refractivity contribution >= 4 is 21.4 Å². The highest BCUT2D eigenvalue weighted by atomic mass is 32.1. The van der Waals surface area contributed by atoms with Crippen molar-refractivity contribution in [3.63, 3.8) is 0 Å². The molecule has 4 heteroatoms. The van der Waals surface area contributed by atoms with Crippen molar-refractivity contribution in [2.24, 2.45) is 5.73 Å². The van der Waals surface area contributed by atoms with Crippen LogP contribution in [-0.4, -0.2) is 6.61 Å². The Labute approximate surface area is 109 Å². The summed E-state index contributed by atoms with van der Waals surface area (Å²) in [6.45, 7) is 0.735. The van der Waals surface area contributed by atoms with Crippen molar-refractivity contribution in [2.75, 3.05) is 6.61 Å². The number of fused-ring (bicyclic) bond motifs is 1. The second-order valence-corrected chi connectivity index (χ2v) is 5.52. The van der Waals surface area contributed by atoms with Gasteiger partial charge < -0.3 is 10.5 Å². The SMILES string of the molecule is NC(C1=CCCCO1)c1cc2cc(F)ccc2s1. The van der Waals surface area contributed by atoms with Crippen LogP contribution in [0.2, 0.25) is 0 Å². The number of nitrogens with two attached hydrogens (primary N) is 1. The number of rotatable bonds is 2. The average Bonchev–Trinajstić information content (AvgIpc) is 2.81. The van der Waals surface area contributed by atoms with Crippen LogP contribution < -0.4 is 5.73 Å². The predicted molar refractivity (Wildman–Crippen MR) is 72.0 cm³/mol. The second-order valence-electron chi connectivity index (χ2n) is 4.41. The summed E-state index contributed by atoms with van der Waals surface area (Å²) >= 11 is 1.60. The van der Waals surface area contributed by atoms with Crippen LogP contribution in [0.15, 0.2) is 36.1 Å². The number of hydrogen-bond donors (Lipinski definition) is 1. The Hall–Kier alpha value is -1.39. The third kappa shape index (κ3) is 2.13. The van der Waals surface area contributed by atoms with Crippen LogP contribution in [0.3, 0.4) is 0 Å². The van der Waals surface area contributed by atoms with Crippen molar-refractivity contribution in [1.29, 1.82) is 0 Å². The van der Waals surface area contributed by atoms with Crippen LogP contribution >= 0.6 is 11.3 Å². The molecule has 0 fully saturated rings. The lowest BCUT2D eigenvalue weighted by Gasteiger charge is -2.19. The summed E-state index contributed by atoms with van der Waals surface area (Å²) in [7, 11) is 0. The van der Waals surface area contributed by atoms with E-state index in [1.54, 1.807) is 17.4 Å². The van der Waals surface area contributed by atoms with Crippen LogP contribution in [0, 0.1) is 5.82 Å². The molecule has 1 unspecified atom stereocenters. The molecule has 0 amide bonds. The molecule has 2 heterocycles. The molecule has 0 saturated carbocycles. The van der Waals surface area contributed by atoms with Gasteiger partial charge in [-0.05, 0) is 48.6 Å². The maximum absolute atomic E-state index is 13.1. The highest BCUT2D eigenvalue weighted by molar-refractivity contribution is 7.19. The standard InChI is InChI=1S/C14H14FNOS/c15-10-4-5-12-9(7-10)8-13(18-12)14(16)11-3-1-2-6-17-11/h3-5,7-8,14H,1-2,6,16H2. The average molecular weight is 263 g/mol. The number of thiophene rings is 1. The van der Waals surface area contributed by atoms with Gasteiger partial charge in [0.25, 0.3) is 0 Å². The summed E-state index contributed by atoms with van der Waals surface area (Å²) in [5.74, 6) is 0.627. The van der Waals surface area contributed by atoms with Gasteiger partial charge in [0.05, 0.1) is 12.6 Å². The molecule has 18 heavy (non-hydrogen) atoms. The maximum atomic E-state index is 13.1. The zero-order chi connectivity index (χ0) is 12.5. The summed E-state index contributed by atoms with van der Waals surface area (Å²) in [5, 5.41) is 0.904. The van der Waals surface area contributed by atoms with Gasteiger partial charge in [0.15, 0.2) is 0 Å². The van der Waals surface area contributed by atoms with Gasteiger partial charge in [-0.1, -0.05) is 0 Å². The lowest BCUT2D eigenvalue weighted by molar-refractivity contribution is 0.176. The normalized spacial score (nSPS) is 17.3. The lowest BCUT2D eigenvalue weighted by atomic mass is 10.1. The Morgan fingerprint density at radius 3 is 3.00 bits per heavy atom. The molecule has 1 aliphatic rings. The third-order valence-electron chi connectivity index (χ3n) is 3.07. The van der Waals surface area contributed by atoms with Gasteiger partial charge in [-0.15, -0.1) is 11.3 Å². The highest BCUT2D eigenvalue weighted by Gasteiger charge is 2.18. The van der Waals surface area contributed by atoms with Crippen molar-refractivity contribution in [3.05, 3.63) is 46.8 Å². The maximum Gasteiger partial charge on any atom is 0.123 e. The number of benzene rings is 1. The number of allylic oxidation sites excluding steroid dienone is 1. The first-order valence-electron chi connectivity index (χ1n) is 6.01.